The van der Waals surface area contributed by atoms with Gasteiger partial charge in [0.1, 0.15) is 5.52 Å². The maximum Gasteiger partial charge on any atom is 0.204 e. The summed E-state index contributed by atoms with van der Waals surface area (Å²) in [5.74, 6) is 0.627. The minimum Gasteiger partial charge on any atom is -0.391 e. The molecule has 0 aliphatic heterocycles. The van der Waals surface area contributed by atoms with E-state index in [0.717, 1.165) is 24.9 Å². The van der Waals surface area contributed by atoms with Crippen molar-refractivity contribution in [2.75, 3.05) is 5.32 Å². The van der Waals surface area contributed by atoms with Crippen molar-refractivity contribution < 1.29 is 9.50 Å². The molecule has 1 unspecified atom stereocenters. The Morgan fingerprint density at radius 3 is 3.00 bits per heavy atom. The molecule has 0 saturated heterocycles. The molecule has 7 heteroatoms. The number of aliphatic hydroxyl groups excluding tert-OH is 1. The molecule has 3 aromatic rings. The third-order valence-corrected chi connectivity index (χ3v) is 4.83. The molecule has 0 amide bonds. The molecule has 24 heavy (non-hydrogen) atoms. The molecule has 2 N–H and O–H groups in total. The van der Waals surface area contributed by atoms with Crippen molar-refractivity contribution in [1.82, 2.24) is 19.1 Å². The Bertz CT molecular complexity index is 844. The molecular weight excluding hydrogens is 309 g/mol. The predicted octanol–water partition coefficient (Wildman–Crippen LogP) is 2.16. The number of aromatic nitrogens is 4. The van der Waals surface area contributed by atoms with Crippen LogP contribution in [-0.2, 0) is 13.6 Å². The Kier molecular flexibility index (Phi) is 3.72. The summed E-state index contributed by atoms with van der Waals surface area (Å²) in [6.45, 7) is 0.840. The number of rotatable bonds is 4. The molecule has 1 saturated carbocycles. The van der Waals surface area contributed by atoms with Gasteiger partial charge in [-0.05, 0) is 30.9 Å². The maximum absolute atomic E-state index is 13.9. The lowest BCUT2D eigenvalue weighted by molar-refractivity contribution is 0.166. The van der Waals surface area contributed by atoms with Crippen LogP contribution in [0.1, 0.15) is 12.8 Å². The van der Waals surface area contributed by atoms with Gasteiger partial charge in [0.25, 0.3) is 0 Å². The monoisotopic (exact) mass is 329 g/mol. The zero-order valence-corrected chi connectivity index (χ0v) is 13.4. The summed E-state index contributed by atoms with van der Waals surface area (Å²) in [5, 5.41) is 13.7. The first-order valence-corrected chi connectivity index (χ1v) is 8.13. The molecule has 4 rings (SSSR count). The van der Waals surface area contributed by atoms with E-state index in [9.17, 15) is 9.50 Å². The van der Waals surface area contributed by atoms with Gasteiger partial charge in [0.15, 0.2) is 5.82 Å². The molecule has 0 spiro atoms. The molecule has 0 radical (unpaired) electrons. The van der Waals surface area contributed by atoms with Gasteiger partial charge < -0.3 is 19.6 Å². The summed E-state index contributed by atoms with van der Waals surface area (Å²) >= 11 is 0. The number of aliphatic hydroxyl groups is 1. The maximum atomic E-state index is 13.9. The minimum absolute atomic E-state index is 0.0860. The van der Waals surface area contributed by atoms with Gasteiger partial charge in [-0.3, -0.25) is 0 Å². The summed E-state index contributed by atoms with van der Waals surface area (Å²) in [5.41, 5.74) is 1.09. The number of fused-ring (bicyclic) bond motifs is 1. The highest BCUT2D eigenvalue weighted by atomic mass is 19.1. The number of nitrogens with zero attached hydrogens (tertiary/aromatic N) is 4. The van der Waals surface area contributed by atoms with E-state index in [1.165, 1.54) is 6.07 Å². The van der Waals surface area contributed by atoms with Crippen molar-refractivity contribution in [3.05, 3.63) is 42.7 Å². The largest absolute Gasteiger partial charge is 0.391 e. The van der Waals surface area contributed by atoms with Gasteiger partial charge in [-0.15, -0.1) is 0 Å². The average Bonchev–Trinajstić information content (AvgIpc) is 3.25. The van der Waals surface area contributed by atoms with Crippen LogP contribution in [0.4, 0.5) is 10.3 Å². The van der Waals surface area contributed by atoms with Crippen molar-refractivity contribution in [3.63, 3.8) is 0 Å². The van der Waals surface area contributed by atoms with Crippen LogP contribution in [0.2, 0.25) is 0 Å². The number of anilines is 1. The van der Waals surface area contributed by atoms with Crippen molar-refractivity contribution in [3.8, 4) is 0 Å². The van der Waals surface area contributed by atoms with Gasteiger partial charge in [0.2, 0.25) is 5.95 Å². The lowest BCUT2D eigenvalue weighted by Crippen LogP contribution is -2.29. The fourth-order valence-corrected chi connectivity index (χ4v) is 3.59. The highest BCUT2D eigenvalue weighted by molar-refractivity contribution is 5.79. The smallest absolute Gasteiger partial charge is 0.204 e. The zero-order chi connectivity index (χ0) is 16.7. The van der Waals surface area contributed by atoms with E-state index in [4.69, 9.17) is 0 Å². The Balaban J connectivity index is 1.51. The first-order valence-electron chi connectivity index (χ1n) is 8.13. The SMILES string of the molecule is Cn1c(N[C@@H]2CC(Cn3ccnc3)C[C@H]2O)nc2c(F)cccc21. The fourth-order valence-electron chi connectivity index (χ4n) is 3.59. The van der Waals surface area contributed by atoms with E-state index in [-0.39, 0.29) is 11.9 Å². The first-order chi connectivity index (χ1) is 11.6. The van der Waals surface area contributed by atoms with Crippen LogP contribution in [0.25, 0.3) is 11.0 Å². The van der Waals surface area contributed by atoms with Gasteiger partial charge in [-0.2, -0.15) is 0 Å². The van der Waals surface area contributed by atoms with E-state index >= 15 is 0 Å². The molecule has 3 atom stereocenters. The molecular formula is C17H20FN5O. The lowest BCUT2D eigenvalue weighted by atomic mass is 10.1. The zero-order valence-electron chi connectivity index (χ0n) is 13.4. The molecule has 1 fully saturated rings. The summed E-state index contributed by atoms with van der Waals surface area (Å²) in [6, 6.07) is 4.83. The lowest BCUT2D eigenvalue weighted by Gasteiger charge is -2.17. The van der Waals surface area contributed by atoms with E-state index in [1.54, 1.807) is 18.6 Å². The van der Waals surface area contributed by atoms with Crippen LogP contribution in [-0.4, -0.2) is 36.4 Å². The highest BCUT2D eigenvalue weighted by Crippen LogP contribution is 2.30. The van der Waals surface area contributed by atoms with Gasteiger partial charge in [-0.25, -0.2) is 14.4 Å². The standard InChI is InChI=1S/C17H20FN5O/c1-22-14-4-2-3-12(18)16(14)21-17(22)20-13-7-11(8-15(13)24)9-23-6-5-19-10-23/h2-6,10-11,13,15,24H,7-9H2,1H3,(H,20,21)/t11?,13-,15-/m1/s1. The van der Waals surface area contributed by atoms with Crippen LogP contribution in [0.3, 0.4) is 0 Å². The Labute approximate surface area is 139 Å². The van der Waals surface area contributed by atoms with Gasteiger partial charge in [-0.1, -0.05) is 6.07 Å². The van der Waals surface area contributed by atoms with Gasteiger partial charge in [0.05, 0.1) is 24.0 Å². The van der Waals surface area contributed by atoms with Crippen LogP contribution < -0.4 is 5.32 Å². The molecule has 2 aromatic heterocycles. The predicted molar refractivity (Wildman–Crippen MR) is 89.0 cm³/mol. The number of para-hydroxylation sites is 1. The average molecular weight is 329 g/mol. The first kappa shape index (κ1) is 15.1. The van der Waals surface area contributed by atoms with Gasteiger partial charge in [0, 0.05) is 26.0 Å². The summed E-state index contributed by atoms with van der Waals surface area (Å²) in [4.78, 5) is 8.41. The molecule has 1 aliphatic rings. The van der Waals surface area contributed by atoms with Crippen molar-refractivity contribution >= 4 is 17.0 Å². The second kappa shape index (κ2) is 5.90. The van der Waals surface area contributed by atoms with Crippen molar-refractivity contribution in [2.45, 2.75) is 31.5 Å². The number of aryl methyl sites for hydroxylation is 1. The Morgan fingerprint density at radius 1 is 1.38 bits per heavy atom. The number of imidazole rings is 2. The third-order valence-electron chi connectivity index (χ3n) is 4.83. The van der Waals surface area contributed by atoms with E-state index in [0.29, 0.717) is 17.4 Å². The summed E-state index contributed by atoms with van der Waals surface area (Å²) in [7, 11) is 1.85. The summed E-state index contributed by atoms with van der Waals surface area (Å²) < 4.78 is 17.7. The quantitative estimate of drug-likeness (QED) is 0.770. The van der Waals surface area contributed by atoms with Crippen molar-refractivity contribution in [1.29, 1.82) is 0 Å². The molecule has 0 bridgehead atoms. The normalized spacial score (nSPS) is 23.9. The van der Waals surface area contributed by atoms with E-state index < -0.39 is 6.10 Å². The van der Waals surface area contributed by atoms with Crippen molar-refractivity contribution in [2.24, 2.45) is 13.0 Å². The second-order valence-electron chi connectivity index (χ2n) is 6.52. The molecule has 1 aliphatic carbocycles. The van der Waals surface area contributed by atoms with Gasteiger partial charge >= 0.3 is 0 Å². The Hall–Kier alpha value is -2.41. The molecule has 1 aromatic carbocycles. The van der Waals surface area contributed by atoms with Crippen LogP contribution in [0.15, 0.2) is 36.9 Å². The number of benzene rings is 1. The highest BCUT2D eigenvalue weighted by Gasteiger charge is 2.33. The number of hydrogen-bond acceptors (Lipinski definition) is 4. The number of hydrogen-bond donors (Lipinski definition) is 2. The number of nitrogens with one attached hydrogen (secondary N) is 1. The van der Waals surface area contributed by atoms with E-state index in [1.807, 2.05) is 28.4 Å². The van der Waals surface area contributed by atoms with Crippen LogP contribution >= 0.6 is 0 Å². The minimum atomic E-state index is -0.441. The molecule has 2 heterocycles. The van der Waals surface area contributed by atoms with Crippen LogP contribution in [0, 0.1) is 11.7 Å². The summed E-state index contributed by atoms with van der Waals surface area (Å²) in [6.07, 6.45) is 6.61. The molecule has 126 valence electrons. The van der Waals surface area contributed by atoms with E-state index in [2.05, 4.69) is 15.3 Å². The number of halogens is 1. The fraction of sp³-hybridized carbons (Fsp3) is 0.412. The second-order valence-corrected chi connectivity index (χ2v) is 6.52. The van der Waals surface area contributed by atoms with Crippen LogP contribution in [0.5, 0.6) is 0 Å². The Morgan fingerprint density at radius 2 is 2.25 bits per heavy atom. The molecule has 6 nitrogen and oxygen atoms in total. The topological polar surface area (TPSA) is 67.9 Å². The third kappa shape index (κ3) is 2.65.